The lowest BCUT2D eigenvalue weighted by molar-refractivity contribution is 0.0951. The lowest BCUT2D eigenvalue weighted by atomic mass is 9.87. The number of H-pyrrole nitrogens is 1. The molecule has 1 atom stereocenters. The monoisotopic (exact) mass is 425 g/mol. The van der Waals surface area contributed by atoms with Crippen LogP contribution in [-0.2, 0) is 35.2 Å². The van der Waals surface area contributed by atoms with Crippen molar-refractivity contribution in [3.63, 3.8) is 0 Å². The molecule has 30 heavy (non-hydrogen) atoms. The molecule has 3 aromatic rings. The second-order valence-electron chi connectivity index (χ2n) is 8.15. The first-order valence-corrected chi connectivity index (χ1v) is 11.9. The number of aromatic nitrogens is 1. The highest BCUT2D eigenvalue weighted by molar-refractivity contribution is 7.88. The van der Waals surface area contributed by atoms with Gasteiger partial charge in [0.1, 0.15) is 0 Å². The third-order valence-electron chi connectivity index (χ3n) is 5.84. The van der Waals surface area contributed by atoms with Gasteiger partial charge in [-0.1, -0.05) is 31.2 Å². The molecule has 0 fully saturated rings. The van der Waals surface area contributed by atoms with E-state index in [1.807, 2.05) is 30.3 Å². The van der Waals surface area contributed by atoms with Crippen molar-refractivity contribution in [3.8, 4) is 0 Å². The standard InChI is InChI=1S/C23H27N3O3S/c1-15-3-9-21-19(11-15)20-12-18(8-10-22(20)26-21)23(27)25-13-16-4-6-17(7-5-16)14-30(28,29)24-2/h4-8,10,12,15,24,26H,3,9,11,13-14H2,1-2H3,(H,25,27)/t15-/m1/s1. The minimum absolute atomic E-state index is 0.0598. The number of fused-ring (bicyclic) bond motifs is 3. The fourth-order valence-electron chi connectivity index (χ4n) is 4.06. The van der Waals surface area contributed by atoms with Gasteiger partial charge in [0.2, 0.25) is 10.0 Å². The summed E-state index contributed by atoms with van der Waals surface area (Å²) in [5.41, 5.74) is 6.03. The Kier molecular flexibility index (Phi) is 5.66. The van der Waals surface area contributed by atoms with Crippen molar-refractivity contribution in [2.75, 3.05) is 7.05 Å². The van der Waals surface area contributed by atoms with Gasteiger partial charge in [0.05, 0.1) is 5.75 Å². The normalized spacial score (nSPS) is 16.4. The van der Waals surface area contributed by atoms with Gasteiger partial charge in [-0.25, -0.2) is 13.1 Å². The predicted octanol–water partition coefficient (Wildman–Crippen LogP) is 3.27. The Morgan fingerprint density at radius 1 is 1.13 bits per heavy atom. The molecule has 0 aliphatic heterocycles. The number of carbonyl (C=O) groups excluding carboxylic acids is 1. The average Bonchev–Trinajstić information content (AvgIpc) is 3.10. The maximum atomic E-state index is 12.7. The highest BCUT2D eigenvalue weighted by Crippen LogP contribution is 2.32. The SMILES string of the molecule is CNS(=O)(=O)Cc1ccc(CNC(=O)c2ccc3[nH]c4c(c3c2)C[C@H](C)CC4)cc1. The molecule has 6 nitrogen and oxygen atoms in total. The van der Waals surface area contributed by atoms with Crippen molar-refractivity contribution < 1.29 is 13.2 Å². The summed E-state index contributed by atoms with van der Waals surface area (Å²) in [7, 11) is -1.89. The van der Waals surface area contributed by atoms with Gasteiger partial charge in [-0.3, -0.25) is 4.79 Å². The Morgan fingerprint density at radius 2 is 1.87 bits per heavy atom. The molecule has 2 aromatic carbocycles. The molecule has 158 valence electrons. The summed E-state index contributed by atoms with van der Waals surface area (Å²) in [5, 5.41) is 4.11. The molecule has 1 heterocycles. The molecular formula is C23H27N3O3S. The van der Waals surface area contributed by atoms with Gasteiger partial charge in [0.15, 0.2) is 0 Å². The summed E-state index contributed by atoms with van der Waals surface area (Å²) >= 11 is 0. The summed E-state index contributed by atoms with van der Waals surface area (Å²) in [5.74, 6) is 0.494. The summed E-state index contributed by atoms with van der Waals surface area (Å²) in [6, 6.07) is 13.1. The van der Waals surface area contributed by atoms with Crippen LogP contribution in [0.1, 0.15) is 46.1 Å². The zero-order chi connectivity index (χ0) is 21.3. The number of hydrogen-bond acceptors (Lipinski definition) is 3. The molecule has 0 saturated heterocycles. The first-order chi connectivity index (χ1) is 14.3. The maximum Gasteiger partial charge on any atom is 0.251 e. The lowest BCUT2D eigenvalue weighted by Gasteiger charge is -2.18. The smallest absolute Gasteiger partial charge is 0.251 e. The summed E-state index contributed by atoms with van der Waals surface area (Å²) in [4.78, 5) is 16.2. The molecule has 1 aliphatic rings. The largest absolute Gasteiger partial charge is 0.358 e. The van der Waals surface area contributed by atoms with E-state index in [2.05, 4.69) is 21.9 Å². The van der Waals surface area contributed by atoms with E-state index in [4.69, 9.17) is 0 Å². The van der Waals surface area contributed by atoms with Crippen molar-refractivity contribution in [1.29, 1.82) is 0 Å². The van der Waals surface area contributed by atoms with Gasteiger partial charge in [-0.2, -0.15) is 0 Å². The summed E-state index contributed by atoms with van der Waals surface area (Å²) in [6.07, 6.45) is 3.32. The number of sulfonamides is 1. The van der Waals surface area contributed by atoms with Crippen LogP contribution in [0.4, 0.5) is 0 Å². The minimum atomic E-state index is -3.29. The molecule has 1 amide bonds. The van der Waals surface area contributed by atoms with Crippen LogP contribution < -0.4 is 10.0 Å². The Balaban J connectivity index is 1.44. The van der Waals surface area contributed by atoms with E-state index in [0.29, 0.717) is 23.6 Å². The van der Waals surface area contributed by atoms with Crippen LogP contribution in [0.3, 0.4) is 0 Å². The summed E-state index contributed by atoms with van der Waals surface area (Å²) in [6.45, 7) is 2.66. The maximum absolute atomic E-state index is 12.7. The van der Waals surface area contributed by atoms with Gasteiger partial charge in [0.25, 0.3) is 5.91 Å². The Labute approximate surface area is 177 Å². The van der Waals surface area contributed by atoms with Crippen molar-refractivity contribution in [1.82, 2.24) is 15.0 Å². The van der Waals surface area contributed by atoms with Crippen LogP contribution in [0, 0.1) is 5.92 Å². The number of carbonyl (C=O) groups is 1. The third kappa shape index (κ3) is 4.42. The first kappa shape index (κ1) is 20.6. The first-order valence-electron chi connectivity index (χ1n) is 10.3. The zero-order valence-corrected chi connectivity index (χ0v) is 18.1. The molecule has 0 spiro atoms. The van der Waals surface area contributed by atoms with Crippen LogP contribution >= 0.6 is 0 Å². The van der Waals surface area contributed by atoms with Crippen LogP contribution in [0.5, 0.6) is 0 Å². The molecule has 0 bridgehead atoms. The number of aryl methyl sites for hydroxylation is 1. The Morgan fingerprint density at radius 3 is 2.60 bits per heavy atom. The van der Waals surface area contributed by atoms with Crippen molar-refractivity contribution in [2.45, 2.75) is 38.5 Å². The molecule has 3 N–H and O–H groups in total. The van der Waals surface area contributed by atoms with Crippen molar-refractivity contribution >= 4 is 26.8 Å². The summed E-state index contributed by atoms with van der Waals surface area (Å²) < 4.78 is 25.6. The number of hydrogen-bond donors (Lipinski definition) is 3. The number of nitrogens with one attached hydrogen (secondary N) is 3. The van der Waals surface area contributed by atoms with Crippen molar-refractivity contribution in [2.24, 2.45) is 5.92 Å². The van der Waals surface area contributed by atoms with Gasteiger partial charge >= 0.3 is 0 Å². The van der Waals surface area contributed by atoms with Crippen LogP contribution in [0.2, 0.25) is 0 Å². The minimum Gasteiger partial charge on any atom is -0.358 e. The lowest BCUT2D eigenvalue weighted by Crippen LogP contribution is -2.23. The van der Waals surface area contributed by atoms with Gasteiger partial charge in [0, 0.05) is 28.7 Å². The quantitative estimate of drug-likeness (QED) is 0.566. The fraction of sp³-hybridized carbons (Fsp3) is 0.348. The van der Waals surface area contributed by atoms with E-state index in [1.54, 1.807) is 12.1 Å². The molecule has 0 unspecified atom stereocenters. The molecule has 4 rings (SSSR count). The van der Waals surface area contributed by atoms with Gasteiger partial charge in [-0.05, 0) is 67.1 Å². The van der Waals surface area contributed by atoms with Gasteiger partial charge < -0.3 is 10.3 Å². The van der Waals surface area contributed by atoms with Crippen LogP contribution in [0.15, 0.2) is 42.5 Å². The average molecular weight is 426 g/mol. The number of amides is 1. The molecule has 0 radical (unpaired) electrons. The fourth-order valence-corrected chi connectivity index (χ4v) is 4.84. The van der Waals surface area contributed by atoms with E-state index < -0.39 is 10.0 Å². The van der Waals surface area contributed by atoms with Crippen LogP contribution in [0.25, 0.3) is 10.9 Å². The topological polar surface area (TPSA) is 91.1 Å². The molecule has 7 heteroatoms. The van der Waals surface area contributed by atoms with Crippen molar-refractivity contribution in [3.05, 3.63) is 70.4 Å². The van der Waals surface area contributed by atoms with Crippen LogP contribution in [-0.4, -0.2) is 26.4 Å². The molecule has 1 aliphatic carbocycles. The second-order valence-corrected chi connectivity index (χ2v) is 10.1. The van der Waals surface area contributed by atoms with E-state index >= 15 is 0 Å². The zero-order valence-electron chi connectivity index (χ0n) is 17.3. The second kappa shape index (κ2) is 8.24. The Bertz CT molecular complexity index is 1180. The predicted molar refractivity (Wildman–Crippen MR) is 119 cm³/mol. The molecule has 1 aromatic heterocycles. The number of benzene rings is 2. The third-order valence-corrected chi connectivity index (χ3v) is 7.18. The van der Waals surface area contributed by atoms with E-state index in [9.17, 15) is 13.2 Å². The Hall–Kier alpha value is -2.64. The highest BCUT2D eigenvalue weighted by Gasteiger charge is 2.20. The van der Waals surface area contributed by atoms with Gasteiger partial charge in [-0.15, -0.1) is 0 Å². The van der Waals surface area contributed by atoms with E-state index in [-0.39, 0.29) is 11.7 Å². The molecular weight excluding hydrogens is 398 g/mol. The highest BCUT2D eigenvalue weighted by atomic mass is 32.2. The van der Waals surface area contributed by atoms with E-state index in [0.717, 1.165) is 29.3 Å². The molecule has 0 saturated carbocycles. The number of aromatic amines is 1. The number of rotatable bonds is 6. The van der Waals surface area contributed by atoms with E-state index in [1.165, 1.54) is 24.7 Å².